The van der Waals surface area contributed by atoms with E-state index in [9.17, 15) is 4.79 Å². The first-order valence-corrected chi connectivity index (χ1v) is 12.6. The summed E-state index contributed by atoms with van der Waals surface area (Å²) in [6, 6.07) is 14.8. The van der Waals surface area contributed by atoms with Crippen molar-refractivity contribution in [2.75, 3.05) is 45.9 Å². The van der Waals surface area contributed by atoms with Gasteiger partial charge < -0.3 is 18.9 Å². The van der Waals surface area contributed by atoms with Crippen LogP contribution in [0.5, 0.6) is 0 Å². The fourth-order valence-electron chi connectivity index (χ4n) is 5.45. The summed E-state index contributed by atoms with van der Waals surface area (Å²) < 4.78 is 8.03. The van der Waals surface area contributed by atoms with Crippen molar-refractivity contribution in [2.24, 2.45) is 11.3 Å². The van der Waals surface area contributed by atoms with Crippen LogP contribution in [0.3, 0.4) is 0 Å². The van der Waals surface area contributed by atoms with E-state index < -0.39 is 0 Å². The van der Waals surface area contributed by atoms with Crippen molar-refractivity contribution < 1.29 is 9.53 Å². The molecule has 0 spiro atoms. The van der Waals surface area contributed by atoms with Gasteiger partial charge in [0.2, 0.25) is 5.91 Å². The van der Waals surface area contributed by atoms with Crippen molar-refractivity contribution in [3.63, 3.8) is 0 Å². The predicted octanol–water partition coefficient (Wildman–Crippen LogP) is 3.70. The second kappa shape index (κ2) is 10.3. The molecule has 1 atom stereocenters. The van der Waals surface area contributed by atoms with Gasteiger partial charge >= 0.3 is 0 Å². The van der Waals surface area contributed by atoms with E-state index in [0.717, 1.165) is 63.1 Å². The van der Waals surface area contributed by atoms with Crippen LogP contribution in [0.25, 0.3) is 5.52 Å². The van der Waals surface area contributed by atoms with Gasteiger partial charge in [0.15, 0.2) is 0 Å². The highest BCUT2D eigenvalue weighted by atomic mass is 16.5. The van der Waals surface area contributed by atoms with Crippen LogP contribution in [0.15, 0.2) is 61.1 Å². The van der Waals surface area contributed by atoms with Crippen LogP contribution >= 0.6 is 0 Å². The van der Waals surface area contributed by atoms with Crippen LogP contribution in [0.1, 0.15) is 31.0 Å². The topological polar surface area (TPSA) is 50.1 Å². The molecule has 0 N–H and O–H groups in total. The molecule has 2 aliphatic rings. The fourth-order valence-corrected chi connectivity index (χ4v) is 5.45. The van der Waals surface area contributed by atoms with Crippen molar-refractivity contribution in [3.05, 3.63) is 72.3 Å². The van der Waals surface area contributed by atoms with Crippen LogP contribution < -0.4 is 0 Å². The Balaban J connectivity index is 1.18. The predicted molar refractivity (Wildman–Crippen MR) is 134 cm³/mol. The van der Waals surface area contributed by atoms with E-state index in [4.69, 9.17) is 4.74 Å². The zero-order chi connectivity index (χ0) is 23.4. The Morgan fingerprint density at radius 2 is 1.91 bits per heavy atom. The summed E-state index contributed by atoms with van der Waals surface area (Å²) in [7, 11) is 0. The standard InChI is InChI=1S/C28H36N4O2/c1-28(10-15-30(16-11-28)14-9-23-6-3-2-4-7-23)27(33)32-18-19-34-22-24(21-32)20-25-26-8-5-13-31(26)17-12-29-25/h2-8,12-13,17,24H,9-11,14-16,18-22H2,1H3/t24-/m1/s1. The average Bonchev–Trinajstić information content (AvgIpc) is 3.24. The molecule has 5 rings (SSSR count). The fraction of sp³-hybridized carbons (Fsp3) is 0.500. The van der Waals surface area contributed by atoms with Gasteiger partial charge in [0.1, 0.15) is 0 Å². The van der Waals surface area contributed by atoms with E-state index in [1.807, 2.05) is 24.7 Å². The van der Waals surface area contributed by atoms with E-state index in [0.29, 0.717) is 25.7 Å². The Morgan fingerprint density at radius 1 is 1.09 bits per heavy atom. The molecule has 2 saturated heterocycles. The van der Waals surface area contributed by atoms with Crippen molar-refractivity contribution in [3.8, 4) is 0 Å². The number of likely N-dealkylation sites (tertiary alicyclic amines) is 1. The first-order valence-electron chi connectivity index (χ1n) is 12.6. The maximum Gasteiger partial charge on any atom is 0.228 e. The molecule has 2 aromatic heterocycles. The number of nitrogens with zero attached hydrogens (tertiary/aromatic N) is 4. The summed E-state index contributed by atoms with van der Waals surface area (Å²) in [5.41, 5.74) is 3.32. The maximum atomic E-state index is 13.7. The van der Waals surface area contributed by atoms with Crippen LogP contribution in [0, 0.1) is 11.3 Å². The lowest BCUT2D eigenvalue weighted by atomic mass is 9.78. The molecule has 0 saturated carbocycles. The minimum Gasteiger partial charge on any atom is -0.379 e. The van der Waals surface area contributed by atoms with Gasteiger partial charge in [0.05, 0.1) is 24.4 Å². The Labute approximate surface area is 202 Å². The van der Waals surface area contributed by atoms with Gasteiger partial charge in [-0.2, -0.15) is 0 Å². The summed E-state index contributed by atoms with van der Waals surface area (Å²) in [6.45, 7) is 7.94. The third-order valence-corrected chi connectivity index (χ3v) is 7.67. The van der Waals surface area contributed by atoms with Gasteiger partial charge in [-0.05, 0) is 56.5 Å². The molecule has 2 fully saturated rings. The van der Waals surface area contributed by atoms with Crippen molar-refractivity contribution in [2.45, 2.75) is 32.6 Å². The maximum absolute atomic E-state index is 13.7. The largest absolute Gasteiger partial charge is 0.379 e. The number of aromatic nitrogens is 2. The molecular formula is C28H36N4O2. The zero-order valence-corrected chi connectivity index (χ0v) is 20.2. The number of hydrogen-bond acceptors (Lipinski definition) is 4. The first-order chi connectivity index (χ1) is 16.6. The van der Waals surface area contributed by atoms with E-state index in [1.54, 1.807) is 0 Å². The lowest BCUT2D eigenvalue weighted by Crippen LogP contribution is -2.50. The quantitative estimate of drug-likeness (QED) is 0.563. The normalized spacial score (nSPS) is 21.4. The smallest absolute Gasteiger partial charge is 0.228 e. The van der Waals surface area contributed by atoms with Crippen LogP contribution in [-0.4, -0.2) is 71.0 Å². The molecule has 1 amide bonds. The van der Waals surface area contributed by atoms with Crippen molar-refractivity contribution in [1.82, 2.24) is 19.2 Å². The molecule has 0 unspecified atom stereocenters. The highest BCUT2D eigenvalue weighted by Crippen LogP contribution is 2.34. The van der Waals surface area contributed by atoms with Crippen molar-refractivity contribution >= 4 is 11.4 Å². The number of fused-ring (bicyclic) bond motifs is 1. The molecule has 2 aliphatic heterocycles. The second-order valence-corrected chi connectivity index (χ2v) is 10.2. The molecule has 180 valence electrons. The molecule has 6 heteroatoms. The number of carbonyl (C=O) groups is 1. The highest BCUT2D eigenvalue weighted by molar-refractivity contribution is 5.82. The van der Waals surface area contributed by atoms with Crippen LogP contribution in [0.4, 0.5) is 0 Å². The Kier molecular flexibility index (Phi) is 6.97. The third-order valence-electron chi connectivity index (χ3n) is 7.67. The van der Waals surface area contributed by atoms with Crippen LogP contribution in [-0.2, 0) is 22.4 Å². The SMILES string of the molecule is CC1(C(=O)N2CCOC[C@H](Cc3nccn4cccc34)C2)CCN(CCc2ccccc2)CC1. The zero-order valence-electron chi connectivity index (χ0n) is 20.2. The second-order valence-electron chi connectivity index (χ2n) is 10.2. The molecule has 0 bridgehead atoms. The first kappa shape index (κ1) is 23.1. The van der Waals surface area contributed by atoms with E-state index >= 15 is 0 Å². The average molecular weight is 461 g/mol. The minimum absolute atomic E-state index is 0.259. The van der Waals surface area contributed by atoms with Gasteiger partial charge in [-0.3, -0.25) is 9.78 Å². The summed E-state index contributed by atoms with van der Waals surface area (Å²) in [5.74, 6) is 0.564. The molecule has 0 aliphatic carbocycles. The Bertz CT molecular complexity index is 1090. The van der Waals surface area contributed by atoms with Gasteiger partial charge in [0, 0.05) is 49.6 Å². The number of hydrogen-bond donors (Lipinski definition) is 0. The minimum atomic E-state index is -0.280. The van der Waals surface area contributed by atoms with Crippen molar-refractivity contribution in [1.29, 1.82) is 0 Å². The summed E-state index contributed by atoms with van der Waals surface area (Å²) in [6.07, 6.45) is 9.62. The summed E-state index contributed by atoms with van der Waals surface area (Å²) in [4.78, 5) is 22.9. The summed E-state index contributed by atoms with van der Waals surface area (Å²) in [5, 5.41) is 0. The van der Waals surface area contributed by atoms with E-state index in [-0.39, 0.29) is 11.3 Å². The molecule has 4 heterocycles. The monoisotopic (exact) mass is 460 g/mol. The molecule has 34 heavy (non-hydrogen) atoms. The number of benzene rings is 1. The molecule has 0 radical (unpaired) electrons. The number of ether oxygens (including phenoxy) is 1. The molecular weight excluding hydrogens is 424 g/mol. The van der Waals surface area contributed by atoms with Gasteiger partial charge in [0.25, 0.3) is 0 Å². The summed E-state index contributed by atoms with van der Waals surface area (Å²) >= 11 is 0. The Hall–Kier alpha value is -2.70. The van der Waals surface area contributed by atoms with Gasteiger partial charge in [-0.1, -0.05) is 37.3 Å². The van der Waals surface area contributed by atoms with Crippen LogP contribution in [0.2, 0.25) is 0 Å². The van der Waals surface area contributed by atoms with Gasteiger partial charge in [-0.15, -0.1) is 0 Å². The van der Waals surface area contributed by atoms with Gasteiger partial charge in [-0.25, -0.2) is 0 Å². The molecule has 3 aromatic rings. The molecule has 6 nitrogen and oxygen atoms in total. The number of carbonyl (C=O) groups excluding carboxylic acids is 1. The lowest BCUT2D eigenvalue weighted by Gasteiger charge is -2.41. The molecule has 1 aromatic carbocycles. The van der Waals surface area contributed by atoms with E-state index in [2.05, 4.69) is 62.5 Å². The van der Waals surface area contributed by atoms with E-state index in [1.165, 1.54) is 5.56 Å². The number of piperidine rings is 1. The third kappa shape index (κ3) is 5.18. The number of amides is 1. The number of rotatable bonds is 6. The lowest BCUT2D eigenvalue weighted by molar-refractivity contribution is -0.144. The Morgan fingerprint density at radius 3 is 2.74 bits per heavy atom. The highest BCUT2D eigenvalue weighted by Gasteiger charge is 2.40.